The number of rotatable bonds is 8. The van der Waals surface area contributed by atoms with Gasteiger partial charge in [0.25, 0.3) is 0 Å². The van der Waals surface area contributed by atoms with Crippen LogP contribution in [0.5, 0.6) is 0 Å². The van der Waals surface area contributed by atoms with Gasteiger partial charge in [-0.1, -0.05) is 37.3 Å². The second-order valence-electron chi connectivity index (χ2n) is 8.25. The zero-order chi connectivity index (χ0) is 19.3. The lowest BCUT2D eigenvalue weighted by Gasteiger charge is -2.42. The van der Waals surface area contributed by atoms with E-state index in [9.17, 15) is 0 Å². The van der Waals surface area contributed by atoms with Crippen molar-refractivity contribution in [3.8, 4) is 11.3 Å². The van der Waals surface area contributed by atoms with Crippen LogP contribution in [-0.4, -0.2) is 27.8 Å². The van der Waals surface area contributed by atoms with E-state index >= 15 is 0 Å². The van der Waals surface area contributed by atoms with Crippen LogP contribution in [0.2, 0.25) is 0 Å². The molecule has 4 nitrogen and oxygen atoms in total. The maximum absolute atomic E-state index is 4.50. The van der Waals surface area contributed by atoms with Gasteiger partial charge in [-0.25, -0.2) is 0 Å². The summed E-state index contributed by atoms with van der Waals surface area (Å²) in [5.41, 5.74) is 4.75. The topological polar surface area (TPSA) is 53.6 Å². The summed E-state index contributed by atoms with van der Waals surface area (Å²) in [7, 11) is 0. The van der Waals surface area contributed by atoms with Crippen LogP contribution in [0.4, 0.5) is 0 Å². The van der Waals surface area contributed by atoms with Crippen molar-refractivity contribution in [1.82, 2.24) is 20.5 Å². The molecule has 0 spiro atoms. The Balaban J connectivity index is 1.22. The van der Waals surface area contributed by atoms with E-state index in [1.807, 2.05) is 12.3 Å². The molecule has 0 radical (unpaired) electrons. The summed E-state index contributed by atoms with van der Waals surface area (Å²) in [5, 5.41) is 11.5. The normalized spacial score (nSPS) is 22.6. The highest BCUT2D eigenvalue weighted by molar-refractivity contribution is 5.58. The number of benzene rings is 1. The van der Waals surface area contributed by atoms with Crippen LogP contribution in [-0.2, 0) is 6.42 Å². The molecule has 1 saturated carbocycles. The highest BCUT2D eigenvalue weighted by Gasteiger charge is 2.39. The molecule has 1 aliphatic carbocycles. The van der Waals surface area contributed by atoms with Crippen LogP contribution in [0.1, 0.15) is 43.9 Å². The first-order chi connectivity index (χ1) is 13.7. The van der Waals surface area contributed by atoms with Crippen LogP contribution in [0.3, 0.4) is 0 Å². The van der Waals surface area contributed by atoms with Gasteiger partial charge in [0, 0.05) is 35.6 Å². The molecule has 4 atom stereocenters. The third kappa shape index (κ3) is 4.33. The molecule has 0 aliphatic heterocycles. The van der Waals surface area contributed by atoms with Crippen LogP contribution in [0.25, 0.3) is 11.3 Å². The molecule has 28 heavy (non-hydrogen) atoms. The maximum Gasteiger partial charge on any atom is 0.0939 e. The van der Waals surface area contributed by atoms with Crippen molar-refractivity contribution >= 4 is 0 Å². The number of pyridine rings is 1. The van der Waals surface area contributed by atoms with Gasteiger partial charge in [-0.3, -0.25) is 10.1 Å². The average Bonchev–Trinajstić information content (AvgIpc) is 3.20. The molecule has 0 saturated heterocycles. The molecule has 2 heterocycles. The second-order valence-corrected chi connectivity index (χ2v) is 8.25. The van der Waals surface area contributed by atoms with E-state index in [-0.39, 0.29) is 0 Å². The molecule has 1 fully saturated rings. The van der Waals surface area contributed by atoms with E-state index in [2.05, 4.69) is 76.8 Å². The Hall–Kier alpha value is -2.46. The summed E-state index contributed by atoms with van der Waals surface area (Å²) in [5.74, 6) is 2.10. The summed E-state index contributed by atoms with van der Waals surface area (Å²) < 4.78 is 0. The lowest BCUT2D eigenvalue weighted by Crippen LogP contribution is -2.37. The quantitative estimate of drug-likeness (QED) is 0.594. The van der Waals surface area contributed by atoms with Crippen molar-refractivity contribution in [3.05, 3.63) is 72.2 Å². The molecule has 3 aromatic rings. The fourth-order valence-corrected chi connectivity index (χ4v) is 4.42. The largest absolute Gasteiger partial charge is 0.314 e. The summed E-state index contributed by atoms with van der Waals surface area (Å²) in [4.78, 5) is 4.19. The minimum Gasteiger partial charge on any atom is -0.314 e. The third-order valence-electron chi connectivity index (χ3n) is 6.28. The monoisotopic (exact) mass is 374 g/mol. The van der Waals surface area contributed by atoms with Gasteiger partial charge in [0.2, 0.25) is 0 Å². The first-order valence-electron chi connectivity index (χ1n) is 10.4. The molecule has 146 valence electrons. The fraction of sp³-hybridized carbons (Fsp3) is 0.417. The molecule has 1 aromatic carbocycles. The number of nitrogens with one attached hydrogen (secondary N) is 2. The van der Waals surface area contributed by atoms with Crippen molar-refractivity contribution in [2.24, 2.45) is 11.8 Å². The van der Waals surface area contributed by atoms with Gasteiger partial charge in [-0.2, -0.15) is 5.10 Å². The maximum atomic E-state index is 4.50. The fourth-order valence-electron chi connectivity index (χ4n) is 4.42. The van der Waals surface area contributed by atoms with Gasteiger partial charge in [-0.05, 0) is 68.3 Å². The van der Waals surface area contributed by atoms with Crippen molar-refractivity contribution in [2.75, 3.05) is 6.54 Å². The Morgan fingerprint density at radius 3 is 2.79 bits per heavy atom. The highest BCUT2D eigenvalue weighted by atomic mass is 15.1. The second kappa shape index (κ2) is 8.70. The molecular weight excluding hydrogens is 344 g/mol. The number of hydrogen-bond acceptors (Lipinski definition) is 3. The van der Waals surface area contributed by atoms with Crippen LogP contribution in [0.15, 0.2) is 60.9 Å². The number of nitrogens with zero attached hydrogens (tertiary/aromatic N) is 2. The number of H-pyrrole nitrogens is 1. The predicted octanol–water partition coefficient (Wildman–Crippen LogP) is 4.82. The molecule has 1 aliphatic rings. The molecule has 4 rings (SSSR count). The Morgan fingerprint density at radius 2 is 2.04 bits per heavy atom. The van der Waals surface area contributed by atoms with Crippen LogP contribution >= 0.6 is 0 Å². The molecule has 4 unspecified atom stereocenters. The van der Waals surface area contributed by atoms with Crippen molar-refractivity contribution in [3.63, 3.8) is 0 Å². The van der Waals surface area contributed by atoms with Gasteiger partial charge in [0.1, 0.15) is 0 Å². The summed E-state index contributed by atoms with van der Waals surface area (Å²) in [6.07, 6.45) is 7.26. The summed E-state index contributed by atoms with van der Waals surface area (Å²) >= 11 is 0. The Kier molecular flexibility index (Phi) is 5.87. The molecule has 2 N–H and O–H groups in total. The molecule has 0 bridgehead atoms. The lowest BCUT2D eigenvalue weighted by molar-refractivity contribution is 0.135. The molecule has 4 heteroatoms. The first kappa shape index (κ1) is 18.9. The van der Waals surface area contributed by atoms with Crippen LogP contribution in [0, 0.1) is 11.8 Å². The van der Waals surface area contributed by atoms with E-state index in [4.69, 9.17) is 0 Å². The zero-order valence-electron chi connectivity index (χ0n) is 16.8. The van der Waals surface area contributed by atoms with E-state index in [0.717, 1.165) is 30.1 Å². The van der Waals surface area contributed by atoms with E-state index in [1.54, 1.807) is 6.20 Å². The smallest absolute Gasteiger partial charge is 0.0939 e. The number of aromatic amines is 1. The Bertz CT molecular complexity index is 859. The Morgan fingerprint density at radius 1 is 1.18 bits per heavy atom. The Labute approximate surface area is 167 Å². The molecular formula is C24H30N4. The van der Waals surface area contributed by atoms with Crippen LogP contribution < -0.4 is 5.32 Å². The standard InChI is InChI=1S/C24H30N4/c1-17(13-19-7-4-3-5-8-19)26-12-10-20-14-22(18(20)2)24-15-23(27-28-24)21-9-6-11-25-16-21/h3-9,11,15-18,20,22,26H,10,12-14H2,1-2H3,(H,27,28). The van der Waals surface area contributed by atoms with Gasteiger partial charge in [-0.15, -0.1) is 0 Å². The van der Waals surface area contributed by atoms with Gasteiger partial charge in [0.05, 0.1) is 5.69 Å². The average molecular weight is 375 g/mol. The summed E-state index contributed by atoms with van der Waals surface area (Å²) in [6, 6.07) is 17.5. The van der Waals surface area contributed by atoms with E-state index in [1.165, 1.54) is 24.1 Å². The minimum absolute atomic E-state index is 0.517. The SMILES string of the molecule is CC(Cc1ccccc1)NCCC1CC(c2cc(-c3cccnc3)n[nH]2)C1C. The van der Waals surface area contributed by atoms with Crippen molar-refractivity contribution in [2.45, 2.75) is 45.1 Å². The third-order valence-corrected chi connectivity index (χ3v) is 6.28. The predicted molar refractivity (Wildman–Crippen MR) is 114 cm³/mol. The number of hydrogen-bond donors (Lipinski definition) is 2. The molecule has 2 aromatic heterocycles. The summed E-state index contributed by atoms with van der Waals surface area (Å²) in [6.45, 7) is 5.76. The molecule has 0 amide bonds. The van der Waals surface area contributed by atoms with Crippen molar-refractivity contribution < 1.29 is 0 Å². The zero-order valence-corrected chi connectivity index (χ0v) is 16.8. The van der Waals surface area contributed by atoms with Gasteiger partial charge >= 0.3 is 0 Å². The van der Waals surface area contributed by atoms with E-state index < -0.39 is 0 Å². The lowest BCUT2D eigenvalue weighted by atomic mass is 9.63. The van der Waals surface area contributed by atoms with E-state index in [0.29, 0.717) is 17.9 Å². The van der Waals surface area contributed by atoms with Gasteiger partial charge < -0.3 is 5.32 Å². The van der Waals surface area contributed by atoms with Gasteiger partial charge in [0.15, 0.2) is 0 Å². The first-order valence-corrected chi connectivity index (χ1v) is 10.4. The number of aromatic nitrogens is 3. The minimum atomic E-state index is 0.517. The highest BCUT2D eigenvalue weighted by Crippen LogP contribution is 2.48. The van der Waals surface area contributed by atoms with Crippen molar-refractivity contribution in [1.29, 1.82) is 0 Å².